The molecule has 0 saturated carbocycles. The SMILES string of the molecule is O=C(O)c1coc(Cl)n1. The van der Waals surface area contributed by atoms with Crippen LogP contribution in [0.3, 0.4) is 0 Å². The summed E-state index contributed by atoms with van der Waals surface area (Å²) in [5.41, 5.74) is -0.181. The van der Waals surface area contributed by atoms with E-state index in [2.05, 4.69) is 9.40 Å². The van der Waals surface area contributed by atoms with Crippen LogP contribution in [-0.4, -0.2) is 16.1 Å². The number of halogens is 1. The number of oxazole rings is 1. The van der Waals surface area contributed by atoms with Crippen LogP contribution in [0.4, 0.5) is 0 Å². The molecule has 0 aliphatic heterocycles. The lowest BCUT2D eigenvalue weighted by Gasteiger charge is -1.76. The van der Waals surface area contributed by atoms with Crippen LogP contribution >= 0.6 is 11.6 Å². The van der Waals surface area contributed by atoms with Crippen molar-refractivity contribution in [3.63, 3.8) is 0 Å². The topological polar surface area (TPSA) is 63.3 Å². The molecule has 9 heavy (non-hydrogen) atoms. The van der Waals surface area contributed by atoms with Gasteiger partial charge in [0.1, 0.15) is 6.26 Å². The monoisotopic (exact) mass is 147 g/mol. The molecule has 1 heterocycles. The summed E-state index contributed by atoms with van der Waals surface area (Å²) in [6, 6.07) is 0. The van der Waals surface area contributed by atoms with Crippen molar-refractivity contribution in [1.29, 1.82) is 0 Å². The number of rotatable bonds is 1. The number of aromatic carboxylic acids is 1. The highest BCUT2D eigenvalue weighted by molar-refractivity contribution is 6.27. The van der Waals surface area contributed by atoms with Gasteiger partial charge in [0.15, 0.2) is 5.69 Å². The second-order valence-electron chi connectivity index (χ2n) is 1.29. The van der Waals surface area contributed by atoms with Crippen LogP contribution in [-0.2, 0) is 0 Å². The lowest BCUT2D eigenvalue weighted by molar-refractivity contribution is 0.0690. The predicted molar refractivity (Wildman–Crippen MR) is 28.5 cm³/mol. The fraction of sp³-hybridized carbons (Fsp3) is 0. The number of carboxylic acids is 1. The third kappa shape index (κ3) is 1.20. The molecule has 0 aliphatic rings. The predicted octanol–water partition coefficient (Wildman–Crippen LogP) is 1.03. The van der Waals surface area contributed by atoms with Gasteiger partial charge in [-0.25, -0.2) is 4.79 Å². The molecule has 48 valence electrons. The number of carboxylic acid groups (broad SMARTS) is 1. The Bertz CT molecular complexity index is 231. The fourth-order valence-electron chi connectivity index (χ4n) is 0.350. The molecule has 0 spiro atoms. The van der Waals surface area contributed by atoms with Gasteiger partial charge in [-0.15, -0.1) is 0 Å². The van der Waals surface area contributed by atoms with Crippen molar-refractivity contribution in [2.75, 3.05) is 0 Å². The number of nitrogens with zero attached hydrogens (tertiary/aromatic N) is 1. The van der Waals surface area contributed by atoms with E-state index in [-0.39, 0.29) is 11.0 Å². The molecule has 0 amide bonds. The molecule has 1 N–H and O–H groups in total. The summed E-state index contributed by atoms with van der Waals surface area (Å²) in [5.74, 6) is -1.15. The Labute approximate surface area is 55.1 Å². The normalized spacial score (nSPS) is 9.44. The molecule has 0 aromatic carbocycles. The Morgan fingerprint density at radius 2 is 2.56 bits per heavy atom. The molecule has 1 aromatic rings. The molecule has 0 fully saturated rings. The van der Waals surface area contributed by atoms with E-state index < -0.39 is 5.97 Å². The van der Waals surface area contributed by atoms with Crippen molar-refractivity contribution in [1.82, 2.24) is 4.98 Å². The lowest BCUT2D eigenvalue weighted by Crippen LogP contribution is -1.94. The van der Waals surface area contributed by atoms with Crippen molar-refractivity contribution in [2.45, 2.75) is 0 Å². The van der Waals surface area contributed by atoms with Gasteiger partial charge in [0.05, 0.1) is 0 Å². The molecule has 0 radical (unpaired) electrons. The highest BCUT2D eigenvalue weighted by atomic mass is 35.5. The van der Waals surface area contributed by atoms with Crippen molar-refractivity contribution >= 4 is 17.6 Å². The number of hydrogen-bond acceptors (Lipinski definition) is 3. The minimum atomic E-state index is -1.15. The summed E-state index contributed by atoms with van der Waals surface area (Å²) < 4.78 is 4.40. The molecule has 4 nitrogen and oxygen atoms in total. The minimum absolute atomic E-state index is 0.160. The highest BCUT2D eigenvalue weighted by Crippen LogP contribution is 2.06. The van der Waals surface area contributed by atoms with Gasteiger partial charge >= 0.3 is 5.97 Å². The first-order valence-electron chi connectivity index (χ1n) is 2.04. The molecular weight excluding hydrogens is 146 g/mol. The zero-order valence-electron chi connectivity index (χ0n) is 4.17. The molecule has 0 unspecified atom stereocenters. The minimum Gasteiger partial charge on any atom is -0.476 e. The van der Waals surface area contributed by atoms with Gasteiger partial charge in [-0.05, 0) is 11.6 Å². The first-order chi connectivity index (χ1) is 4.20. The number of aromatic nitrogens is 1. The smallest absolute Gasteiger partial charge is 0.357 e. The van der Waals surface area contributed by atoms with Gasteiger partial charge in [-0.3, -0.25) is 0 Å². The van der Waals surface area contributed by atoms with Crippen LogP contribution in [0.1, 0.15) is 10.5 Å². The number of hydrogen-bond donors (Lipinski definition) is 1. The van der Waals surface area contributed by atoms with Gasteiger partial charge in [0.25, 0.3) is 5.35 Å². The van der Waals surface area contributed by atoms with E-state index in [4.69, 9.17) is 16.7 Å². The van der Waals surface area contributed by atoms with Gasteiger partial charge in [0, 0.05) is 0 Å². The molecule has 0 atom stereocenters. The maximum absolute atomic E-state index is 10.0. The standard InChI is InChI=1S/C4H2ClNO3/c5-4-6-2(1-9-4)3(7)8/h1H,(H,7,8). The quantitative estimate of drug-likeness (QED) is 0.644. The molecule has 5 heteroatoms. The lowest BCUT2D eigenvalue weighted by atomic mass is 10.5. The molecule has 0 saturated heterocycles. The zero-order valence-corrected chi connectivity index (χ0v) is 4.92. The van der Waals surface area contributed by atoms with Crippen molar-refractivity contribution < 1.29 is 14.3 Å². The van der Waals surface area contributed by atoms with E-state index in [0.29, 0.717) is 0 Å². The molecular formula is C4H2ClNO3. The summed E-state index contributed by atoms with van der Waals surface area (Å²) in [7, 11) is 0. The van der Waals surface area contributed by atoms with E-state index in [9.17, 15) is 4.79 Å². The molecule has 1 aromatic heterocycles. The molecule has 0 bridgehead atoms. The van der Waals surface area contributed by atoms with E-state index in [0.717, 1.165) is 6.26 Å². The summed E-state index contributed by atoms with van der Waals surface area (Å²) >= 11 is 5.16. The average molecular weight is 148 g/mol. The third-order valence-corrected chi connectivity index (χ3v) is 0.869. The van der Waals surface area contributed by atoms with Crippen LogP contribution in [0.2, 0.25) is 5.35 Å². The van der Waals surface area contributed by atoms with Crippen LogP contribution in [0.15, 0.2) is 10.7 Å². The van der Waals surface area contributed by atoms with Crippen molar-refractivity contribution in [2.24, 2.45) is 0 Å². The van der Waals surface area contributed by atoms with Crippen LogP contribution in [0, 0.1) is 0 Å². The Balaban J connectivity index is 2.98. The second-order valence-corrected chi connectivity index (χ2v) is 1.61. The maximum Gasteiger partial charge on any atom is 0.357 e. The third-order valence-electron chi connectivity index (χ3n) is 0.695. The summed E-state index contributed by atoms with van der Waals surface area (Å²) in [5, 5.41) is 8.06. The highest BCUT2D eigenvalue weighted by Gasteiger charge is 2.07. The van der Waals surface area contributed by atoms with Gasteiger partial charge in [0.2, 0.25) is 0 Å². The Hall–Kier alpha value is -1.03. The maximum atomic E-state index is 10.0. The Morgan fingerprint density at radius 1 is 1.89 bits per heavy atom. The molecule has 1 rings (SSSR count). The second kappa shape index (κ2) is 2.06. The number of carbonyl (C=O) groups is 1. The first-order valence-corrected chi connectivity index (χ1v) is 2.42. The van der Waals surface area contributed by atoms with Crippen molar-refractivity contribution in [3.8, 4) is 0 Å². The van der Waals surface area contributed by atoms with Crippen LogP contribution < -0.4 is 0 Å². The van der Waals surface area contributed by atoms with Crippen LogP contribution in [0.5, 0.6) is 0 Å². The van der Waals surface area contributed by atoms with Crippen LogP contribution in [0.25, 0.3) is 0 Å². The van der Waals surface area contributed by atoms with Gasteiger partial charge in [-0.1, -0.05) is 0 Å². The molecule has 0 aliphatic carbocycles. The summed E-state index contributed by atoms with van der Waals surface area (Å²) in [6.07, 6.45) is 0.977. The van der Waals surface area contributed by atoms with E-state index in [1.165, 1.54) is 0 Å². The zero-order chi connectivity index (χ0) is 6.85. The van der Waals surface area contributed by atoms with E-state index >= 15 is 0 Å². The largest absolute Gasteiger partial charge is 0.476 e. The van der Waals surface area contributed by atoms with Crippen molar-refractivity contribution in [3.05, 3.63) is 17.3 Å². The first kappa shape index (κ1) is 6.10. The average Bonchev–Trinajstić information content (AvgIpc) is 2.14. The van der Waals surface area contributed by atoms with Gasteiger partial charge in [-0.2, -0.15) is 4.98 Å². The fourth-order valence-corrected chi connectivity index (χ4v) is 0.486. The van der Waals surface area contributed by atoms with E-state index in [1.54, 1.807) is 0 Å². The Morgan fingerprint density at radius 3 is 2.78 bits per heavy atom. The van der Waals surface area contributed by atoms with Gasteiger partial charge < -0.3 is 9.52 Å². The summed E-state index contributed by atoms with van der Waals surface area (Å²) in [6.45, 7) is 0. The Kier molecular flexibility index (Phi) is 1.40. The van der Waals surface area contributed by atoms with E-state index in [1.807, 2.05) is 0 Å². The summed E-state index contributed by atoms with van der Waals surface area (Å²) in [4.78, 5) is 13.3.